The molecule has 0 saturated heterocycles. The summed E-state index contributed by atoms with van der Waals surface area (Å²) in [5.41, 5.74) is 2.99. The average Bonchev–Trinajstić information content (AvgIpc) is 2.83. The first-order valence-electron chi connectivity index (χ1n) is 5.28. The summed E-state index contributed by atoms with van der Waals surface area (Å²) in [7, 11) is 0. The van der Waals surface area contributed by atoms with Crippen LogP contribution in [0.2, 0.25) is 0 Å². The van der Waals surface area contributed by atoms with Crippen molar-refractivity contribution in [1.82, 2.24) is 0 Å². The molecule has 1 aromatic carbocycles. The topological polar surface area (TPSA) is 0 Å². The first-order valence-corrected chi connectivity index (χ1v) is 5.28. The maximum atomic E-state index is 2.33. The molecule has 1 aliphatic carbocycles. The Bertz CT molecular complexity index is 281. The van der Waals surface area contributed by atoms with Crippen LogP contribution in [0.1, 0.15) is 50.2 Å². The van der Waals surface area contributed by atoms with Gasteiger partial charge in [0.1, 0.15) is 0 Å². The van der Waals surface area contributed by atoms with Crippen LogP contribution in [0.15, 0.2) is 24.3 Å². The Morgan fingerprint density at radius 2 is 1.69 bits per heavy atom. The fraction of sp³-hybridized carbons (Fsp3) is 0.538. The normalized spacial score (nSPS) is 26.5. The fourth-order valence-electron chi connectivity index (χ4n) is 1.91. The Kier molecular flexibility index (Phi) is 2.15. The minimum absolute atomic E-state index is 0.658. The molecule has 0 spiro atoms. The quantitative estimate of drug-likeness (QED) is 0.637. The molecular formula is C13H18. The molecule has 1 fully saturated rings. The molecule has 0 nitrogen and oxygen atoms in total. The minimum atomic E-state index is 0.658. The molecule has 0 radical (unpaired) electrons. The summed E-state index contributed by atoms with van der Waals surface area (Å²) in [6.07, 6.45) is 1.39. The van der Waals surface area contributed by atoms with Gasteiger partial charge in [0.25, 0.3) is 0 Å². The van der Waals surface area contributed by atoms with Crippen LogP contribution in [0, 0.1) is 5.92 Å². The third-order valence-corrected chi connectivity index (χ3v) is 3.14. The van der Waals surface area contributed by atoms with E-state index in [-0.39, 0.29) is 0 Å². The maximum Gasteiger partial charge on any atom is -0.0133 e. The van der Waals surface area contributed by atoms with E-state index in [1.54, 1.807) is 0 Å². The summed E-state index contributed by atoms with van der Waals surface area (Å²) in [4.78, 5) is 0. The van der Waals surface area contributed by atoms with Crippen molar-refractivity contribution in [2.75, 3.05) is 0 Å². The van der Waals surface area contributed by atoms with Crippen LogP contribution < -0.4 is 0 Å². The van der Waals surface area contributed by atoms with Crippen LogP contribution in [0.25, 0.3) is 0 Å². The van der Waals surface area contributed by atoms with Crippen LogP contribution in [0.3, 0.4) is 0 Å². The molecule has 2 unspecified atom stereocenters. The van der Waals surface area contributed by atoms with Gasteiger partial charge in [-0.2, -0.15) is 0 Å². The summed E-state index contributed by atoms with van der Waals surface area (Å²) >= 11 is 0. The highest BCUT2D eigenvalue weighted by Crippen LogP contribution is 2.46. The molecule has 13 heavy (non-hydrogen) atoms. The lowest BCUT2D eigenvalue weighted by Gasteiger charge is -2.06. The van der Waals surface area contributed by atoms with Gasteiger partial charge in [0.15, 0.2) is 0 Å². The zero-order valence-electron chi connectivity index (χ0n) is 8.75. The van der Waals surface area contributed by atoms with Crippen LogP contribution in [0.4, 0.5) is 0 Å². The summed E-state index contributed by atoms with van der Waals surface area (Å²) in [6, 6.07) is 9.18. The predicted octanol–water partition coefficient (Wildman–Crippen LogP) is 3.93. The van der Waals surface area contributed by atoms with Gasteiger partial charge in [-0.15, -0.1) is 0 Å². The van der Waals surface area contributed by atoms with E-state index in [1.165, 1.54) is 17.5 Å². The van der Waals surface area contributed by atoms with Gasteiger partial charge in [-0.05, 0) is 35.3 Å². The standard InChI is InChI=1S/C13H18/c1-9(2)11-4-6-12(7-5-11)13-8-10(13)3/h4-7,9-10,13H,8H2,1-3H3. The third kappa shape index (κ3) is 1.77. The molecule has 0 N–H and O–H groups in total. The molecule has 0 aromatic heterocycles. The SMILES string of the molecule is CC(C)c1ccc(C2CC2C)cc1. The third-order valence-electron chi connectivity index (χ3n) is 3.14. The second kappa shape index (κ2) is 3.17. The number of hydrogen-bond acceptors (Lipinski definition) is 0. The van der Waals surface area contributed by atoms with Gasteiger partial charge in [0.2, 0.25) is 0 Å². The zero-order valence-corrected chi connectivity index (χ0v) is 8.75. The maximum absolute atomic E-state index is 2.33. The largest absolute Gasteiger partial charge is 0.0619 e. The molecule has 0 aliphatic heterocycles. The van der Waals surface area contributed by atoms with Crippen LogP contribution >= 0.6 is 0 Å². The van der Waals surface area contributed by atoms with Crippen molar-refractivity contribution < 1.29 is 0 Å². The number of hydrogen-bond donors (Lipinski definition) is 0. The van der Waals surface area contributed by atoms with Crippen molar-refractivity contribution in [3.63, 3.8) is 0 Å². The van der Waals surface area contributed by atoms with E-state index in [4.69, 9.17) is 0 Å². The fourth-order valence-corrected chi connectivity index (χ4v) is 1.91. The van der Waals surface area contributed by atoms with Gasteiger partial charge >= 0.3 is 0 Å². The van der Waals surface area contributed by atoms with Crippen molar-refractivity contribution in [2.45, 2.75) is 39.0 Å². The monoisotopic (exact) mass is 174 g/mol. The van der Waals surface area contributed by atoms with Gasteiger partial charge in [0, 0.05) is 0 Å². The highest BCUT2D eigenvalue weighted by Gasteiger charge is 2.33. The summed E-state index contributed by atoms with van der Waals surface area (Å²) in [6.45, 7) is 6.82. The van der Waals surface area contributed by atoms with E-state index in [1.807, 2.05) is 0 Å². The number of rotatable bonds is 2. The van der Waals surface area contributed by atoms with Gasteiger partial charge in [-0.3, -0.25) is 0 Å². The van der Waals surface area contributed by atoms with Crippen molar-refractivity contribution in [3.8, 4) is 0 Å². The predicted molar refractivity (Wildman–Crippen MR) is 57.1 cm³/mol. The Hall–Kier alpha value is -0.780. The molecule has 0 bridgehead atoms. The van der Waals surface area contributed by atoms with Gasteiger partial charge in [-0.1, -0.05) is 45.0 Å². The molecule has 1 saturated carbocycles. The molecule has 0 heterocycles. The highest BCUT2D eigenvalue weighted by atomic mass is 14.4. The van der Waals surface area contributed by atoms with Crippen molar-refractivity contribution in [2.24, 2.45) is 5.92 Å². The lowest BCUT2D eigenvalue weighted by molar-refractivity contribution is 0.861. The lowest BCUT2D eigenvalue weighted by Crippen LogP contribution is -1.88. The van der Waals surface area contributed by atoms with E-state index >= 15 is 0 Å². The van der Waals surface area contributed by atoms with Gasteiger partial charge in [0.05, 0.1) is 0 Å². The van der Waals surface area contributed by atoms with Gasteiger partial charge in [-0.25, -0.2) is 0 Å². The van der Waals surface area contributed by atoms with E-state index in [0.29, 0.717) is 5.92 Å². The zero-order chi connectivity index (χ0) is 9.42. The lowest BCUT2D eigenvalue weighted by atomic mass is 10.00. The summed E-state index contributed by atoms with van der Waals surface area (Å²) < 4.78 is 0. The first kappa shape index (κ1) is 8.80. The van der Waals surface area contributed by atoms with Gasteiger partial charge < -0.3 is 0 Å². The summed E-state index contributed by atoms with van der Waals surface area (Å²) in [5.74, 6) is 2.44. The van der Waals surface area contributed by atoms with Crippen molar-refractivity contribution >= 4 is 0 Å². The van der Waals surface area contributed by atoms with E-state index < -0.39 is 0 Å². The van der Waals surface area contributed by atoms with E-state index in [0.717, 1.165) is 11.8 Å². The smallest absolute Gasteiger partial charge is 0.0133 e. The van der Waals surface area contributed by atoms with Crippen molar-refractivity contribution in [3.05, 3.63) is 35.4 Å². The second-order valence-electron chi connectivity index (χ2n) is 4.64. The van der Waals surface area contributed by atoms with Crippen LogP contribution in [0.5, 0.6) is 0 Å². The Balaban J connectivity index is 2.14. The molecule has 70 valence electrons. The van der Waals surface area contributed by atoms with E-state index in [9.17, 15) is 0 Å². The minimum Gasteiger partial charge on any atom is -0.0619 e. The molecule has 2 atom stereocenters. The first-order chi connectivity index (χ1) is 6.18. The molecule has 1 aliphatic rings. The average molecular weight is 174 g/mol. The number of benzene rings is 1. The Morgan fingerprint density at radius 1 is 1.15 bits per heavy atom. The molecule has 2 rings (SSSR count). The van der Waals surface area contributed by atoms with Crippen molar-refractivity contribution in [1.29, 1.82) is 0 Å². The second-order valence-corrected chi connectivity index (χ2v) is 4.64. The molecule has 0 heteroatoms. The molecule has 1 aromatic rings. The molecular weight excluding hydrogens is 156 g/mol. The molecule has 0 amide bonds. The Labute approximate surface area is 81.0 Å². The van der Waals surface area contributed by atoms with E-state index in [2.05, 4.69) is 45.0 Å². The van der Waals surface area contributed by atoms with Crippen LogP contribution in [-0.2, 0) is 0 Å². The summed E-state index contributed by atoms with van der Waals surface area (Å²) in [5, 5.41) is 0. The highest BCUT2D eigenvalue weighted by molar-refractivity contribution is 5.30. The Morgan fingerprint density at radius 3 is 2.08 bits per heavy atom. The van der Waals surface area contributed by atoms with Crippen LogP contribution in [-0.4, -0.2) is 0 Å².